The van der Waals surface area contributed by atoms with Gasteiger partial charge in [0.1, 0.15) is 5.71 Å². The lowest BCUT2D eigenvalue weighted by atomic mass is 10.1. The molecule has 0 spiro atoms. The molecular weight excluding hydrogens is 270 g/mol. The van der Waals surface area contributed by atoms with E-state index >= 15 is 0 Å². The summed E-state index contributed by atoms with van der Waals surface area (Å²) in [5.74, 6) is -1.22. The maximum absolute atomic E-state index is 10.8. The summed E-state index contributed by atoms with van der Waals surface area (Å²) in [5.41, 5.74) is 12.3. The molecule has 21 heavy (non-hydrogen) atoms. The molecule has 2 aromatic rings. The van der Waals surface area contributed by atoms with Crippen molar-refractivity contribution in [2.24, 2.45) is 21.7 Å². The molecule has 0 unspecified atom stereocenters. The third-order valence-corrected chi connectivity index (χ3v) is 2.57. The summed E-state index contributed by atoms with van der Waals surface area (Å²) in [7, 11) is 0. The van der Waals surface area contributed by atoms with Gasteiger partial charge in [0.15, 0.2) is 0 Å². The average Bonchev–Trinajstić information content (AvgIpc) is 2.49. The van der Waals surface area contributed by atoms with E-state index in [9.17, 15) is 4.79 Å². The molecule has 7 nitrogen and oxygen atoms in total. The Balaban J connectivity index is 2.47. The fraction of sp³-hybridized carbons (Fsp3) is 0. The van der Waals surface area contributed by atoms with E-state index in [-0.39, 0.29) is 11.5 Å². The SMILES string of the molecule is NC(N)=N/N=C(/c1ccccc1)c1ccc(C(=O)O)cn1. The van der Waals surface area contributed by atoms with Crippen molar-refractivity contribution in [3.63, 3.8) is 0 Å². The molecule has 0 bridgehead atoms. The number of nitrogens with two attached hydrogens (primary N) is 2. The van der Waals surface area contributed by atoms with Gasteiger partial charge in [0, 0.05) is 11.8 Å². The van der Waals surface area contributed by atoms with Crippen molar-refractivity contribution in [1.82, 2.24) is 4.98 Å². The van der Waals surface area contributed by atoms with Gasteiger partial charge in [-0.15, -0.1) is 10.2 Å². The maximum Gasteiger partial charge on any atom is 0.337 e. The number of guanidine groups is 1. The fourth-order valence-corrected chi connectivity index (χ4v) is 1.62. The molecule has 0 radical (unpaired) electrons. The highest BCUT2D eigenvalue weighted by atomic mass is 16.4. The zero-order valence-corrected chi connectivity index (χ0v) is 11.0. The standard InChI is InChI=1S/C14H13N5O2/c15-14(16)19-18-12(9-4-2-1-3-5-9)11-7-6-10(8-17-11)13(20)21/h1-8H,(H,20,21)(H4,15,16,19)/b18-12-. The lowest BCUT2D eigenvalue weighted by Crippen LogP contribution is -2.22. The van der Waals surface area contributed by atoms with E-state index in [1.54, 1.807) is 6.07 Å². The molecule has 106 valence electrons. The van der Waals surface area contributed by atoms with Crippen molar-refractivity contribution in [1.29, 1.82) is 0 Å². The van der Waals surface area contributed by atoms with Crippen LogP contribution < -0.4 is 11.5 Å². The van der Waals surface area contributed by atoms with Crippen LogP contribution in [0.5, 0.6) is 0 Å². The quantitative estimate of drug-likeness (QED) is 0.434. The number of rotatable bonds is 4. The van der Waals surface area contributed by atoms with Crippen LogP contribution in [0.4, 0.5) is 0 Å². The molecule has 0 amide bonds. The van der Waals surface area contributed by atoms with Crippen LogP contribution in [-0.2, 0) is 0 Å². The summed E-state index contributed by atoms with van der Waals surface area (Å²) < 4.78 is 0. The van der Waals surface area contributed by atoms with Crippen LogP contribution in [0.25, 0.3) is 0 Å². The normalized spacial score (nSPS) is 11.0. The molecule has 0 atom stereocenters. The molecule has 0 saturated heterocycles. The Hall–Kier alpha value is -3.22. The van der Waals surface area contributed by atoms with E-state index in [1.807, 2.05) is 30.3 Å². The van der Waals surface area contributed by atoms with E-state index in [0.717, 1.165) is 5.56 Å². The van der Waals surface area contributed by atoms with Crippen LogP contribution in [0.2, 0.25) is 0 Å². The predicted octanol–water partition coefficient (Wildman–Crippen LogP) is 0.806. The van der Waals surface area contributed by atoms with Gasteiger partial charge in [-0.1, -0.05) is 30.3 Å². The second kappa shape index (κ2) is 6.29. The predicted molar refractivity (Wildman–Crippen MR) is 79.1 cm³/mol. The Morgan fingerprint density at radius 3 is 2.24 bits per heavy atom. The smallest absolute Gasteiger partial charge is 0.337 e. The number of carbonyl (C=O) groups is 1. The number of hydrogen-bond donors (Lipinski definition) is 3. The van der Waals surface area contributed by atoms with Gasteiger partial charge >= 0.3 is 5.97 Å². The monoisotopic (exact) mass is 283 g/mol. The van der Waals surface area contributed by atoms with Crippen molar-refractivity contribution >= 4 is 17.6 Å². The molecule has 7 heteroatoms. The first kappa shape index (κ1) is 14.2. The van der Waals surface area contributed by atoms with Gasteiger partial charge in [0.2, 0.25) is 5.96 Å². The summed E-state index contributed by atoms with van der Waals surface area (Å²) in [5, 5.41) is 16.5. The number of nitrogens with zero attached hydrogens (tertiary/aromatic N) is 3. The number of carboxylic acids is 1. The number of aromatic nitrogens is 1. The highest BCUT2D eigenvalue weighted by molar-refractivity contribution is 6.12. The highest BCUT2D eigenvalue weighted by Crippen LogP contribution is 2.10. The Bertz CT molecular complexity index is 689. The summed E-state index contributed by atoms with van der Waals surface area (Å²) in [6, 6.07) is 12.2. The number of benzene rings is 1. The molecular formula is C14H13N5O2. The molecule has 0 aliphatic carbocycles. The topological polar surface area (TPSA) is 127 Å². The molecule has 0 aliphatic rings. The van der Waals surface area contributed by atoms with E-state index in [4.69, 9.17) is 16.6 Å². The van der Waals surface area contributed by atoms with Crippen LogP contribution in [0.1, 0.15) is 21.6 Å². The molecule has 1 aromatic heterocycles. The Morgan fingerprint density at radius 2 is 1.71 bits per heavy atom. The minimum Gasteiger partial charge on any atom is -0.478 e. The molecule has 0 aliphatic heterocycles. The van der Waals surface area contributed by atoms with Gasteiger partial charge in [0.05, 0.1) is 11.3 Å². The number of pyridine rings is 1. The van der Waals surface area contributed by atoms with Gasteiger partial charge < -0.3 is 16.6 Å². The van der Waals surface area contributed by atoms with Gasteiger partial charge in [0.25, 0.3) is 0 Å². The largest absolute Gasteiger partial charge is 0.478 e. The summed E-state index contributed by atoms with van der Waals surface area (Å²) in [6.07, 6.45) is 1.26. The minimum atomic E-state index is -1.04. The van der Waals surface area contributed by atoms with Crippen LogP contribution in [-0.4, -0.2) is 27.7 Å². The van der Waals surface area contributed by atoms with Crippen LogP contribution in [0.15, 0.2) is 58.9 Å². The van der Waals surface area contributed by atoms with E-state index < -0.39 is 5.97 Å². The fourth-order valence-electron chi connectivity index (χ4n) is 1.62. The van der Waals surface area contributed by atoms with Crippen LogP contribution >= 0.6 is 0 Å². The van der Waals surface area contributed by atoms with Gasteiger partial charge in [-0.2, -0.15) is 0 Å². The van der Waals surface area contributed by atoms with Crippen molar-refractivity contribution in [2.45, 2.75) is 0 Å². The molecule has 0 saturated carbocycles. The zero-order chi connectivity index (χ0) is 15.2. The molecule has 1 heterocycles. The van der Waals surface area contributed by atoms with E-state index in [2.05, 4.69) is 15.2 Å². The lowest BCUT2D eigenvalue weighted by Gasteiger charge is -2.05. The zero-order valence-electron chi connectivity index (χ0n) is 11.0. The molecule has 2 rings (SSSR count). The first-order valence-corrected chi connectivity index (χ1v) is 5.99. The summed E-state index contributed by atoms with van der Waals surface area (Å²) in [6.45, 7) is 0. The van der Waals surface area contributed by atoms with E-state index in [1.165, 1.54) is 12.3 Å². The van der Waals surface area contributed by atoms with Gasteiger partial charge in [-0.3, -0.25) is 4.98 Å². The third-order valence-electron chi connectivity index (χ3n) is 2.57. The maximum atomic E-state index is 10.8. The first-order valence-electron chi connectivity index (χ1n) is 5.99. The highest BCUT2D eigenvalue weighted by Gasteiger charge is 2.10. The van der Waals surface area contributed by atoms with Crippen molar-refractivity contribution in [2.75, 3.05) is 0 Å². The number of aromatic carboxylic acids is 1. The van der Waals surface area contributed by atoms with Crippen molar-refractivity contribution in [3.8, 4) is 0 Å². The molecule has 1 aromatic carbocycles. The molecule has 0 fully saturated rings. The van der Waals surface area contributed by atoms with E-state index in [0.29, 0.717) is 11.4 Å². The van der Waals surface area contributed by atoms with Crippen LogP contribution in [0.3, 0.4) is 0 Å². The average molecular weight is 283 g/mol. The molecule has 5 N–H and O–H groups in total. The lowest BCUT2D eigenvalue weighted by molar-refractivity contribution is 0.0696. The second-order valence-corrected chi connectivity index (χ2v) is 4.08. The summed E-state index contributed by atoms with van der Waals surface area (Å²) >= 11 is 0. The number of hydrogen-bond acceptors (Lipinski definition) is 4. The third kappa shape index (κ3) is 3.63. The Morgan fingerprint density at radius 1 is 1.00 bits per heavy atom. The van der Waals surface area contributed by atoms with Crippen molar-refractivity contribution < 1.29 is 9.90 Å². The van der Waals surface area contributed by atoms with Gasteiger partial charge in [-0.05, 0) is 12.1 Å². The van der Waals surface area contributed by atoms with Crippen LogP contribution in [0, 0.1) is 0 Å². The Kier molecular flexibility index (Phi) is 4.25. The van der Waals surface area contributed by atoms with Gasteiger partial charge in [-0.25, -0.2) is 4.79 Å². The minimum absolute atomic E-state index is 0.0907. The Labute approximate surface area is 120 Å². The van der Waals surface area contributed by atoms with Crippen molar-refractivity contribution in [3.05, 3.63) is 65.5 Å². The summed E-state index contributed by atoms with van der Waals surface area (Å²) in [4.78, 5) is 14.9. The second-order valence-electron chi connectivity index (χ2n) is 4.08. The number of carboxylic acid groups (broad SMARTS) is 1. The first-order chi connectivity index (χ1) is 10.1.